The standard InChI is InChI=1S/C9H9FN2.C2H6/c1-6-3-8-9(4-7(6)10)12(2)5-11-8;1-2/h3-5H,1-2H3;1-2H3. The van der Waals surface area contributed by atoms with Crippen LogP contribution >= 0.6 is 0 Å². The van der Waals surface area contributed by atoms with Gasteiger partial charge in [0.15, 0.2) is 0 Å². The molecule has 3 heteroatoms. The van der Waals surface area contributed by atoms with E-state index in [1.54, 1.807) is 23.9 Å². The maximum Gasteiger partial charge on any atom is 0.128 e. The Morgan fingerprint density at radius 2 is 1.93 bits per heavy atom. The molecule has 0 unspecified atom stereocenters. The van der Waals surface area contributed by atoms with Gasteiger partial charge in [-0.1, -0.05) is 13.8 Å². The van der Waals surface area contributed by atoms with Crippen molar-refractivity contribution in [2.75, 3.05) is 0 Å². The molecule has 0 amide bonds. The second-order valence-electron chi connectivity index (χ2n) is 2.95. The molecular weight excluding hydrogens is 179 g/mol. The van der Waals surface area contributed by atoms with Crippen LogP contribution in [0.25, 0.3) is 11.0 Å². The first-order chi connectivity index (χ1) is 6.68. The van der Waals surface area contributed by atoms with E-state index in [-0.39, 0.29) is 5.82 Å². The quantitative estimate of drug-likeness (QED) is 0.630. The number of hydrogen-bond donors (Lipinski definition) is 0. The van der Waals surface area contributed by atoms with Crippen molar-refractivity contribution in [3.63, 3.8) is 0 Å². The average Bonchev–Trinajstić information content (AvgIpc) is 2.53. The van der Waals surface area contributed by atoms with Gasteiger partial charge in [-0.15, -0.1) is 0 Å². The van der Waals surface area contributed by atoms with Crippen molar-refractivity contribution in [3.05, 3.63) is 29.8 Å². The topological polar surface area (TPSA) is 17.8 Å². The highest BCUT2D eigenvalue weighted by atomic mass is 19.1. The highest BCUT2D eigenvalue weighted by Gasteiger charge is 2.03. The second-order valence-corrected chi connectivity index (χ2v) is 2.95. The summed E-state index contributed by atoms with van der Waals surface area (Å²) in [6, 6.07) is 3.27. The van der Waals surface area contributed by atoms with Gasteiger partial charge in [-0.05, 0) is 18.6 Å². The fourth-order valence-electron chi connectivity index (χ4n) is 1.25. The third kappa shape index (κ3) is 1.76. The molecule has 0 atom stereocenters. The van der Waals surface area contributed by atoms with Crippen molar-refractivity contribution in [3.8, 4) is 0 Å². The van der Waals surface area contributed by atoms with Crippen LogP contribution in [-0.2, 0) is 7.05 Å². The van der Waals surface area contributed by atoms with Gasteiger partial charge in [0, 0.05) is 13.1 Å². The molecule has 0 N–H and O–H groups in total. The van der Waals surface area contributed by atoms with E-state index in [9.17, 15) is 4.39 Å². The predicted molar refractivity (Wildman–Crippen MR) is 56.8 cm³/mol. The zero-order chi connectivity index (χ0) is 10.7. The zero-order valence-corrected chi connectivity index (χ0v) is 9.00. The highest BCUT2D eigenvalue weighted by Crippen LogP contribution is 2.16. The van der Waals surface area contributed by atoms with E-state index >= 15 is 0 Å². The molecule has 0 spiro atoms. The molecule has 1 aromatic heterocycles. The maximum atomic E-state index is 13.1. The summed E-state index contributed by atoms with van der Waals surface area (Å²) < 4.78 is 14.9. The van der Waals surface area contributed by atoms with Gasteiger partial charge in [-0.3, -0.25) is 0 Å². The van der Waals surface area contributed by atoms with Gasteiger partial charge in [0.25, 0.3) is 0 Å². The first-order valence-electron chi connectivity index (χ1n) is 4.75. The van der Waals surface area contributed by atoms with E-state index in [1.165, 1.54) is 6.07 Å². The molecule has 0 saturated carbocycles. The van der Waals surface area contributed by atoms with Crippen LogP contribution in [0.5, 0.6) is 0 Å². The van der Waals surface area contributed by atoms with Crippen LogP contribution in [0.15, 0.2) is 18.5 Å². The summed E-state index contributed by atoms with van der Waals surface area (Å²) in [6.45, 7) is 5.74. The summed E-state index contributed by atoms with van der Waals surface area (Å²) in [4.78, 5) is 4.12. The van der Waals surface area contributed by atoms with Crippen LogP contribution in [0, 0.1) is 12.7 Å². The van der Waals surface area contributed by atoms with Gasteiger partial charge < -0.3 is 4.57 Å². The normalized spacial score (nSPS) is 9.79. The lowest BCUT2D eigenvalue weighted by atomic mass is 10.2. The Hall–Kier alpha value is -1.38. The van der Waals surface area contributed by atoms with Crippen LogP contribution in [0.4, 0.5) is 4.39 Å². The van der Waals surface area contributed by atoms with Crippen molar-refractivity contribution in [2.45, 2.75) is 20.8 Å². The van der Waals surface area contributed by atoms with Crippen LogP contribution < -0.4 is 0 Å². The molecule has 0 aliphatic carbocycles. The number of nitrogens with zero attached hydrogens (tertiary/aromatic N) is 2. The molecular formula is C11H15FN2. The number of aryl methyl sites for hydroxylation is 2. The molecule has 0 saturated heterocycles. The largest absolute Gasteiger partial charge is 0.334 e. The summed E-state index contributed by atoms with van der Waals surface area (Å²) >= 11 is 0. The van der Waals surface area contributed by atoms with E-state index in [4.69, 9.17) is 0 Å². The van der Waals surface area contributed by atoms with Gasteiger partial charge in [-0.25, -0.2) is 9.37 Å². The van der Waals surface area contributed by atoms with E-state index in [2.05, 4.69) is 4.98 Å². The van der Waals surface area contributed by atoms with Gasteiger partial charge in [-0.2, -0.15) is 0 Å². The van der Waals surface area contributed by atoms with Crippen LogP contribution in [0.2, 0.25) is 0 Å². The van der Waals surface area contributed by atoms with Crippen molar-refractivity contribution in [1.29, 1.82) is 0 Å². The average molecular weight is 194 g/mol. The number of hydrogen-bond acceptors (Lipinski definition) is 1. The maximum absolute atomic E-state index is 13.1. The molecule has 0 radical (unpaired) electrons. The predicted octanol–water partition coefficient (Wildman–Crippen LogP) is 3.05. The van der Waals surface area contributed by atoms with Crippen molar-refractivity contribution < 1.29 is 4.39 Å². The summed E-state index contributed by atoms with van der Waals surface area (Å²) in [7, 11) is 1.85. The minimum absolute atomic E-state index is 0.175. The lowest BCUT2D eigenvalue weighted by Crippen LogP contribution is -1.86. The Labute approximate surface area is 83.4 Å². The van der Waals surface area contributed by atoms with Gasteiger partial charge in [0.05, 0.1) is 17.4 Å². The van der Waals surface area contributed by atoms with Crippen LogP contribution in [0.1, 0.15) is 19.4 Å². The van der Waals surface area contributed by atoms with E-state index in [0.29, 0.717) is 5.56 Å². The molecule has 1 aromatic carbocycles. The lowest BCUT2D eigenvalue weighted by Gasteiger charge is -1.97. The van der Waals surface area contributed by atoms with Gasteiger partial charge in [0.2, 0.25) is 0 Å². The molecule has 76 valence electrons. The van der Waals surface area contributed by atoms with E-state index < -0.39 is 0 Å². The molecule has 0 fully saturated rings. The number of halogens is 1. The molecule has 0 bridgehead atoms. The minimum Gasteiger partial charge on any atom is -0.334 e. The molecule has 1 heterocycles. The van der Waals surface area contributed by atoms with E-state index in [0.717, 1.165) is 11.0 Å². The molecule has 0 aliphatic rings. The molecule has 14 heavy (non-hydrogen) atoms. The Balaban J connectivity index is 0.000000461. The summed E-state index contributed by atoms with van der Waals surface area (Å²) in [6.07, 6.45) is 1.68. The summed E-state index contributed by atoms with van der Waals surface area (Å²) in [5.41, 5.74) is 2.32. The minimum atomic E-state index is -0.175. The number of aromatic nitrogens is 2. The summed E-state index contributed by atoms with van der Waals surface area (Å²) in [5, 5.41) is 0. The molecule has 2 aromatic rings. The molecule has 2 nitrogen and oxygen atoms in total. The highest BCUT2D eigenvalue weighted by molar-refractivity contribution is 5.76. The van der Waals surface area contributed by atoms with E-state index in [1.807, 2.05) is 20.9 Å². The van der Waals surface area contributed by atoms with Crippen molar-refractivity contribution in [1.82, 2.24) is 9.55 Å². The number of imidazole rings is 1. The lowest BCUT2D eigenvalue weighted by molar-refractivity contribution is 0.619. The third-order valence-electron chi connectivity index (χ3n) is 2.01. The van der Waals surface area contributed by atoms with Gasteiger partial charge in [0.1, 0.15) is 5.82 Å². The van der Waals surface area contributed by atoms with Gasteiger partial charge >= 0.3 is 0 Å². The Kier molecular flexibility index (Phi) is 3.23. The molecule has 2 rings (SSSR count). The SMILES string of the molecule is CC.Cc1cc2ncn(C)c2cc1F. The van der Waals surface area contributed by atoms with Crippen molar-refractivity contribution >= 4 is 11.0 Å². The third-order valence-corrected chi connectivity index (χ3v) is 2.01. The fraction of sp³-hybridized carbons (Fsp3) is 0.364. The van der Waals surface area contributed by atoms with Crippen LogP contribution in [-0.4, -0.2) is 9.55 Å². The fourth-order valence-corrected chi connectivity index (χ4v) is 1.25. The number of fused-ring (bicyclic) bond motifs is 1. The zero-order valence-electron chi connectivity index (χ0n) is 9.00. The van der Waals surface area contributed by atoms with Crippen LogP contribution in [0.3, 0.4) is 0 Å². The first kappa shape index (κ1) is 10.7. The van der Waals surface area contributed by atoms with Crippen molar-refractivity contribution in [2.24, 2.45) is 7.05 Å². The Bertz CT molecular complexity index is 432. The first-order valence-corrected chi connectivity index (χ1v) is 4.75. The smallest absolute Gasteiger partial charge is 0.128 e. The Morgan fingerprint density at radius 3 is 2.57 bits per heavy atom. The second kappa shape index (κ2) is 4.22. The molecule has 0 aliphatic heterocycles. The number of rotatable bonds is 0. The number of benzene rings is 1. The summed E-state index contributed by atoms with van der Waals surface area (Å²) in [5.74, 6) is -0.175. The Morgan fingerprint density at radius 1 is 1.29 bits per heavy atom. The monoisotopic (exact) mass is 194 g/mol.